The molecular weight excluding hydrogens is 254 g/mol. The molecule has 0 radical (unpaired) electrons. The van der Waals surface area contributed by atoms with Crippen LogP contribution in [0.4, 0.5) is 0 Å². The second kappa shape index (κ2) is 4.81. The summed E-state index contributed by atoms with van der Waals surface area (Å²) in [6.45, 7) is 4.13. The van der Waals surface area contributed by atoms with Gasteiger partial charge in [0.2, 0.25) is 0 Å². The van der Waals surface area contributed by atoms with Crippen LogP contribution >= 0.6 is 15.9 Å². The first-order chi connectivity index (χ1) is 7.33. The number of halogens is 1. The first-order valence-corrected chi connectivity index (χ1v) is 5.97. The van der Waals surface area contributed by atoms with Crippen LogP contribution in [-0.2, 0) is 6.42 Å². The number of nitrogens with one attached hydrogen (secondary N) is 1. The van der Waals surface area contributed by atoms with Crippen molar-refractivity contribution in [2.45, 2.75) is 13.3 Å². The van der Waals surface area contributed by atoms with Crippen LogP contribution in [0.5, 0.6) is 0 Å². The summed E-state index contributed by atoms with van der Waals surface area (Å²) in [5, 5.41) is 4.52. The average molecular weight is 268 g/mol. The molecule has 0 aliphatic heterocycles. The van der Waals surface area contributed by atoms with Gasteiger partial charge in [0.25, 0.3) is 0 Å². The van der Waals surface area contributed by atoms with E-state index in [1.54, 1.807) is 0 Å². The van der Waals surface area contributed by atoms with Gasteiger partial charge in [-0.25, -0.2) is 0 Å². The van der Waals surface area contributed by atoms with Crippen molar-refractivity contribution < 1.29 is 4.42 Å². The van der Waals surface area contributed by atoms with Crippen LogP contribution in [0.15, 0.2) is 33.4 Å². The van der Waals surface area contributed by atoms with Crippen LogP contribution < -0.4 is 5.32 Å². The molecule has 80 valence electrons. The Morgan fingerprint density at radius 1 is 1.40 bits per heavy atom. The maximum atomic E-state index is 5.54. The standard InChI is InChI=1S/C12H14BrNO/c1-2-14-7-6-9-8-15-12-10(9)4-3-5-11(12)13/h3-5,8,14H,2,6-7H2,1H3. The Labute approximate surface area is 97.8 Å². The van der Waals surface area contributed by atoms with Gasteiger partial charge in [-0.1, -0.05) is 19.1 Å². The Morgan fingerprint density at radius 3 is 3.07 bits per heavy atom. The molecule has 2 nitrogen and oxygen atoms in total. The van der Waals surface area contributed by atoms with Crippen LogP contribution in [0.3, 0.4) is 0 Å². The fourth-order valence-electron chi connectivity index (χ4n) is 1.67. The van der Waals surface area contributed by atoms with Crippen molar-refractivity contribution in [1.82, 2.24) is 5.32 Å². The average Bonchev–Trinajstić information content (AvgIpc) is 2.64. The molecule has 3 heteroatoms. The summed E-state index contributed by atoms with van der Waals surface area (Å²) < 4.78 is 6.56. The number of rotatable bonds is 4. The Hall–Kier alpha value is -0.800. The number of hydrogen-bond donors (Lipinski definition) is 1. The van der Waals surface area contributed by atoms with E-state index in [4.69, 9.17) is 4.42 Å². The Morgan fingerprint density at radius 2 is 2.27 bits per heavy atom. The van der Waals surface area contributed by atoms with E-state index >= 15 is 0 Å². The minimum atomic E-state index is 0.948. The van der Waals surface area contributed by atoms with E-state index in [1.807, 2.05) is 18.4 Å². The highest BCUT2D eigenvalue weighted by Crippen LogP contribution is 2.28. The minimum absolute atomic E-state index is 0.948. The summed E-state index contributed by atoms with van der Waals surface area (Å²) in [4.78, 5) is 0. The largest absolute Gasteiger partial charge is 0.463 e. The summed E-state index contributed by atoms with van der Waals surface area (Å²) >= 11 is 3.48. The van der Waals surface area contributed by atoms with Crippen LogP contribution in [0.2, 0.25) is 0 Å². The Balaban J connectivity index is 2.25. The lowest BCUT2D eigenvalue weighted by Crippen LogP contribution is -2.15. The van der Waals surface area contributed by atoms with Gasteiger partial charge in [-0.2, -0.15) is 0 Å². The molecule has 0 aliphatic rings. The Kier molecular flexibility index (Phi) is 3.44. The molecule has 0 aliphatic carbocycles. The first kappa shape index (κ1) is 10.7. The number of benzene rings is 1. The van der Waals surface area contributed by atoms with Crippen LogP contribution in [0.25, 0.3) is 11.0 Å². The lowest BCUT2D eigenvalue weighted by molar-refractivity contribution is 0.605. The van der Waals surface area contributed by atoms with Crippen molar-refractivity contribution in [2.75, 3.05) is 13.1 Å². The maximum absolute atomic E-state index is 5.54. The van der Waals surface area contributed by atoms with Crippen LogP contribution in [0, 0.1) is 0 Å². The van der Waals surface area contributed by atoms with Crippen LogP contribution in [0.1, 0.15) is 12.5 Å². The molecule has 1 aromatic heterocycles. The van der Waals surface area contributed by atoms with E-state index in [1.165, 1.54) is 10.9 Å². The van der Waals surface area contributed by atoms with Crippen molar-refractivity contribution in [1.29, 1.82) is 0 Å². The van der Waals surface area contributed by atoms with Crippen LogP contribution in [-0.4, -0.2) is 13.1 Å². The van der Waals surface area contributed by atoms with Gasteiger partial charge >= 0.3 is 0 Å². The lowest BCUT2D eigenvalue weighted by Gasteiger charge is -1.99. The SMILES string of the molecule is CCNCCc1coc2c(Br)cccc12. The number of para-hydroxylation sites is 1. The van der Waals surface area contributed by atoms with E-state index in [-0.39, 0.29) is 0 Å². The monoisotopic (exact) mass is 267 g/mol. The summed E-state index contributed by atoms with van der Waals surface area (Å²) in [6, 6.07) is 6.14. The number of likely N-dealkylation sites (N-methyl/N-ethyl adjacent to an activating group) is 1. The molecule has 15 heavy (non-hydrogen) atoms. The van der Waals surface area contributed by atoms with E-state index < -0.39 is 0 Å². The van der Waals surface area contributed by atoms with Crippen molar-refractivity contribution in [3.8, 4) is 0 Å². The molecule has 1 N–H and O–H groups in total. The van der Waals surface area contributed by atoms with E-state index in [0.717, 1.165) is 29.6 Å². The van der Waals surface area contributed by atoms with Gasteiger partial charge < -0.3 is 9.73 Å². The molecule has 2 rings (SSSR count). The summed E-state index contributed by atoms with van der Waals surface area (Å²) in [7, 11) is 0. The molecule has 1 heterocycles. The fraction of sp³-hybridized carbons (Fsp3) is 0.333. The van der Waals surface area contributed by atoms with Crippen molar-refractivity contribution in [2.24, 2.45) is 0 Å². The third-order valence-electron chi connectivity index (χ3n) is 2.45. The van der Waals surface area contributed by atoms with E-state index in [2.05, 4.69) is 34.2 Å². The highest BCUT2D eigenvalue weighted by atomic mass is 79.9. The predicted octanol–water partition coefficient (Wildman–Crippen LogP) is 3.35. The van der Waals surface area contributed by atoms with Gasteiger partial charge in [0.1, 0.15) is 5.58 Å². The third kappa shape index (κ3) is 2.24. The predicted molar refractivity (Wildman–Crippen MR) is 66.2 cm³/mol. The molecule has 0 amide bonds. The molecule has 0 unspecified atom stereocenters. The third-order valence-corrected chi connectivity index (χ3v) is 3.08. The zero-order valence-electron chi connectivity index (χ0n) is 8.72. The van der Waals surface area contributed by atoms with Crippen molar-refractivity contribution >= 4 is 26.9 Å². The van der Waals surface area contributed by atoms with Crippen molar-refractivity contribution in [3.05, 3.63) is 34.5 Å². The minimum Gasteiger partial charge on any atom is -0.463 e. The molecule has 0 saturated heterocycles. The highest BCUT2D eigenvalue weighted by molar-refractivity contribution is 9.10. The molecule has 0 spiro atoms. The molecule has 1 aromatic carbocycles. The highest BCUT2D eigenvalue weighted by Gasteiger charge is 2.07. The molecule has 0 fully saturated rings. The second-order valence-electron chi connectivity index (χ2n) is 3.48. The zero-order chi connectivity index (χ0) is 10.7. The van der Waals surface area contributed by atoms with Crippen molar-refractivity contribution in [3.63, 3.8) is 0 Å². The molecule has 0 saturated carbocycles. The normalized spacial score (nSPS) is 11.1. The quantitative estimate of drug-likeness (QED) is 0.860. The van der Waals surface area contributed by atoms with Gasteiger partial charge in [0.05, 0.1) is 10.7 Å². The summed E-state index contributed by atoms with van der Waals surface area (Å²) in [6.07, 6.45) is 2.87. The maximum Gasteiger partial charge on any atom is 0.148 e. The van der Waals surface area contributed by atoms with Gasteiger partial charge in [0.15, 0.2) is 0 Å². The zero-order valence-corrected chi connectivity index (χ0v) is 10.3. The molecular formula is C12H14BrNO. The second-order valence-corrected chi connectivity index (χ2v) is 4.34. The molecule has 0 bridgehead atoms. The number of furan rings is 1. The fourth-order valence-corrected chi connectivity index (χ4v) is 2.13. The number of hydrogen-bond acceptors (Lipinski definition) is 2. The smallest absolute Gasteiger partial charge is 0.148 e. The molecule has 2 aromatic rings. The summed E-state index contributed by atoms with van der Waals surface area (Å²) in [5.41, 5.74) is 2.22. The van der Waals surface area contributed by atoms with E-state index in [9.17, 15) is 0 Å². The Bertz CT molecular complexity index is 450. The van der Waals surface area contributed by atoms with E-state index in [0.29, 0.717) is 0 Å². The molecule has 0 atom stereocenters. The topological polar surface area (TPSA) is 25.2 Å². The van der Waals surface area contributed by atoms with Gasteiger partial charge in [-0.15, -0.1) is 0 Å². The van der Waals surface area contributed by atoms with Gasteiger partial charge in [-0.3, -0.25) is 0 Å². The first-order valence-electron chi connectivity index (χ1n) is 5.18. The van der Waals surface area contributed by atoms with Gasteiger partial charge in [-0.05, 0) is 47.1 Å². The number of fused-ring (bicyclic) bond motifs is 1. The van der Waals surface area contributed by atoms with Gasteiger partial charge in [0, 0.05) is 5.39 Å². The summed E-state index contributed by atoms with van der Waals surface area (Å²) in [5.74, 6) is 0. The lowest BCUT2D eigenvalue weighted by atomic mass is 10.1.